The first kappa shape index (κ1) is 34.9. The normalized spacial score (nSPS) is 15.2. The van der Waals surface area contributed by atoms with Crippen molar-refractivity contribution in [3.63, 3.8) is 0 Å². The summed E-state index contributed by atoms with van der Waals surface area (Å²) in [7, 11) is 0. The van der Waals surface area contributed by atoms with Gasteiger partial charge in [-0.25, -0.2) is 0 Å². The maximum Gasteiger partial charge on any atom is 0.0465 e. The highest BCUT2D eigenvalue weighted by atomic mass is 15.1. The minimum Gasteiger partial charge on any atom is -0.311 e. The maximum absolute atomic E-state index is 2.49. The van der Waals surface area contributed by atoms with Gasteiger partial charge in [0, 0.05) is 45.0 Å². The van der Waals surface area contributed by atoms with Crippen LogP contribution in [0.1, 0.15) is 81.0 Å². The van der Waals surface area contributed by atoms with Crippen molar-refractivity contribution in [3.05, 3.63) is 204 Å². The maximum atomic E-state index is 2.49. The predicted octanol–water partition coefficient (Wildman–Crippen LogP) is 15.0. The molecule has 0 aromatic heterocycles. The van der Waals surface area contributed by atoms with E-state index in [1.54, 1.807) is 0 Å². The third-order valence-corrected chi connectivity index (χ3v) is 12.8. The highest BCUT2D eigenvalue weighted by Crippen LogP contribution is 2.54. The van der Waals surface area contributed by atoms with Crippen molar-refractivity contribution in [1.82, 2.24) is 0 Å². The monoisotopic (exact) mass is 714 g/mol. The quantitative estimate of drug-likeness (QED) is 0.139. The number of benzene rings is 7. The van der Waals surface area contributed by atoms with E-state index in [4.69, 9.17) is 0 Å². The first-order valence-electron chi connectivity index (χ1n) is 20.4. The zero-order valence-electron chi connectivity index (χ0n) is 32.2. The Morgan fingerprint density at radius 2 is 0.782 bits per heavy atom. The second kappa shape index (κ2) is 14.8. The molecule has 0 heterocycles. The smallest absolute Gasteiger partial charge is 0.0465 e. The first-order valence-corrected chi connectivity index (χ1v) is 20.4. The molecule has 55 heavy (non-hydrogen) atoms. The van der Waals surface area contributed by atoms with Crippen molar-refractivity contribution in [1.29, 1.82) is 0 Å². The molecular weight excluding hydrogens is 665 g/mol. The van der Waals surface area contributed by atoms with Gasteiger partial charge in [0.1, 0.15) is 0 Å². The Balaban J connectivity index is 1.09. The molecule has 0 bridgehead atoms. The topological polar surface area (TPSA) is 6.48 Å². The van der Waals surface area contributed by atoms with Crippen LogP contribution in [-0.2, 0) is 10.8 Å². The number of para-hydroxylation sites is 3. The highest BCUT2D eigenvalue weighted by molar-refractivity contribution is 5.86. The molecule has 7 aromatic carbocycles. The number of rotatable bonds is 10. The van der Waals surface area contributed by atoms with Crippen LogP contribution in [0.4, 0.5) is 34.1 Å². The van der Waals surface area contributed by atoms with Gasteiger partial charge in [-0.3, -0.25) is 0 Å². The van der Waals surface area contributed by atoms with Gasteiger partial charge in [-0.15, -0.1) is 0 Å². The van der Waals surface area contributed by atoms with Crippen LogP contribution in [0.2, 0.25) is 0 Å². The molecule has 7 aromatic rings. The summed E-state index contributed by atoms with van der Waals surface area (Å²) in [6, 6.07) is 67.6. The molecule has 1 saturated carbocycles. The van der Waals surface area contributed by atoms with E-state index in [1.165, 1.54) is 75.4 Å². The van der Waals surface area contributed by atoms with Gasteiger partial charge >= 0.3 is 0 Å². The van der Waals surface area contributed by atoms with Gasteiger partial charge in [0.05, 0.1) is 0 Å². The van der Waals surface area contributed by atoms with E-state index in [1.807, 2.05) is 0 Å². The zero-order chi connectivity index (χ0) is 37.2. The molecule has 0 atom stereocenters. The Kier molecular flexibility index (Phi) is 9.36. The Bertz CT molecular complexity index is 2310. The van der Waals surface area contributed by atoms with E-state index < -0.39 is 0 Å². The average Bonchev–Trinajstić information content (AvgIpc) is 3.55. The number of fused-ring (bicyclic) bond motifs is 3. The van der Waals surface area contributed by atoms with E-state index in [9.17, 15) is 0 Å². The molecule has 2 aliphatic carbocycles. The molecule has 2 nitrogen and oxygen atoms in total. The summed E-state index contributed by atoms with van der Waals surface area (Å²) in [5.41, 5.74) is 15.6. The van der Waals surface area contributed by atoms with Gasteiger partial charge in [0.25, 0.3) is 0 Å². The lowest BCUT2D eigenvalue weighted by molar-refractivity contribution is 0.346. The van der Waals surface area contributed by atoms with Crippen LogP contribution in [-0.4, -0.2) is 0 Å². The van der Waals surface area contributed by atoms with E-state index >= 15 is 0 Å². The van der Waals surface area contributed by atoms with Crippen molar-refractivity contribution in [2.24, 2.45) is 0 Å². The van der Waals surface area contributed by atoms with Crippen LogP contribution < -0.4 is 9.80 Å². The third-order valence-electron chi connectivity index (χ3n) is 12.8. The fraction of sp³-hybridized carbons (Fsp3) is 0.208. The molecular formula is C53H50N2. The summed E-state index contributed by atoms with van der Waals surface area (Å²) in [6.45, 7) is 4.71. The fourth-order valence-electron chi connectivity index (χ4n) is 9.98. The number of hydrogen-bond acceptors (Lipinski definition) is 2. The fourth-order valence-corrected chi connectivity index (χ4v) is 9.98. The van der Waals surface area contributed by atoms with Gasteiger partial charge in [0.2, 0.25) is 0 Å². The first-order chi connectivity index (χ1) is 27.1. The summed E-state index contributed by atoms with van der Waals surface area (Å²) in [4.78, 5) is 4.81. The second-order valence-corrected chi connectivity index (χ2v) is 15.5. The molecule has 0 N–H and O–H groups in total. The van der Waals surface area contributed by atoms with E-state index in [2.05, 4.69) is 206 Å². The predicted molar refractivity (Wildman–Crippen MR) is 233 cm³/mol. The van der Waals surface area contributed by atoms with Crippen LogP contribution in [0.15, 0.2) is 182 Å². The Morgan fingerprint density at radius 3 is 1.27 bits per heavy atom. The summed E-state index contributed by atoms with van der Waals surface area (Å²) >= 11 is 0. The molecule has 0 spiro atoms. The van der Waals surface area contributed by atoms with Gasteiger partial charge in [-0.1, -0.05) is 142 Å². The van der Waals surface area contributed by atoms with Crippen LogP contribution in [0.25, 0.3) is 11.1 Å². The minimum absolute atomic E-state index is 0.0155. The lowest BCUT2D eigenvalue weighted by Gasteiger charge is -2.39. The van der Waals surface area contributed by atoms with Crippen molar-refractivity contribution in [2.75, 3.05) is 9.80 Å². The summed E-state index contributed by atoms with van der Waals surface area (Å²) in [6.07, 6.45) is 8.27. The Hall–Kier alpha value is -5.86. The molecule has 0 saturated heterocycles. The molecule has 272 valence electrons. The molecule has 2 aliphatic rings. The van der Waals surface area contributed by atoms with E-state index in [0.717, 1.165) is 37.1 Å². The largest absolute Gasteiger partial charge is 0.311 e. The average molecular weight is 715 g/mol. The second-order valence-electron chi connectivity index (χ2n) is 15.5. The molecule has 0 aliphatic heterocycles. The van der Waals surface area contributed by atoms with Crippen LogP contribution >= 0.6 is 0 Å². The minimum atomic E-state index is -0.0155. The lowest BCUT2D eigenvalue weighted by atomic mass is 9.65. The summed E-state index contributed by atoms with van der Waals surface area (Å²) < 4.78 is 0. The molecule has 0 amide bonds. The number of nitrogens with zero attached hydrogens (tertiary/aromatic N) is 2. The molecule has 9 rings (SSSR count). The standard InChI is InChI=1S/C53H50N2/c1-3-52(4-2)50-26-16-15-25-48(50)49-36-35-47(39-51(49)52)55(44-23-13-7-14-24-44)46-33-29-41(30-34-46)53(37-17-8-18-38-53)40-27-31-45(32-28-40)54(42-19-9-5-10-20-42)43-21-11-6-12-22-43/h5-7,9-16,19-36,39H,3-4,8,17-18,37-38H2,1-2H3. The Labute approximate surface area is 327 Å². The van der Waals surface area contributed by atoms with E-state index in [0.29, 0.717) is 0 Å². The molecule has 1 fully saturated rings. The number of hydrogen-bond donors (Lipinski definition) is 0. The van der Waals surface area contributed by atoms with Crippen molar-refractivity contribution in [3.8, 4) is 11.1 Å². The van der Waals surface area contributed by atoms with Crippen LogP contribution in [0.3, 0.4) is 0 Å². The van der Waals surface area contributed by atoms with E-state index in [-0.39, 0.29) is 10.8 Å². The highest BCUT2D eigenvalue weighted by Gasteiger charge is 2.41. The van der Waals surface area contributed by atoms with Crippen molar-refractivity contribution in [2.45, 2.75) is 69.6 Å². The van der Waals surface area contributed by atoms with Gasteiger partial charge in [-0.05, 0) is 132 Å². The SMILES string of the molecule is CCC1(CC)c2ccccc2-c2ccc(N(c3ccccc3)c3ccc(C4(c5ccc(N(c6ccccc6)c6ccccc6)cc5)CCCCC4)cc3)cc21. The van der Waals surface area contributed by atoms with Crippen LogP contribution in [0.5, 0.6) is 0 Å². The van der Waals surface area contributed by atoms with Crippen LogP contribution in [0, 0.1) is 0 Å². The van der Waals surface area contributed by atoms with Gasteiger partial charge < -0.3 is 9.80 Å². The third kappa shape index (κ3) is 6.05. The summed E-state index contributed by atoms with van der Waals surface area (Å²) in [5.74, 6) is 0. The van der Waals surface area contributed by atoms with Gasteiger partial charge in [-0.2, -0.15) is 0 Å². The van der Waals surface area contributed by atoms with Gasteiger partial charge in [0.15, 0.2) is 0 Å². The van der Waals surface area contributed by atoms with Crippen molar-refractivity contribution < 1.29 is 0 Å². The zero-order valence-corrected chi connectivity index (χ0v) is 32.2. The molecule has 2 heteroatoms. The Morgan fingerprint density at radius 1 is 0.382 bits per heavy atom. The molecule has 0 radical (unpaired) electrons. The summed E-state index contributed by atoms with van der Waals surface area (Å²) in [5, 5.41) is 0. The number of anilines is 6. The molecule has 0 unspecified atom stereocenters. The van der Waals surface area contributed by atoms with Crippen molar-refractivity contribution >= 4 is 34.1 Å². The lowest BCUT2D eigenvalue weighted by Crippen LogP contribution is -2.30.